The molecule has 0 aliphatic heterocycles. The van der Waals surface area contributed by atoms with Gasteiger partial charge in [-0.3, -0.25) is 0 Å². The van der Waals surface area contributed by atoms with Gasteiger partial charge < -0.3 is 5.11 Å². The van der Waals surface area contributed by atoms with Crippen LogP contribution in [0.4, 0.5) is 0 Å². The molecule has 1 unspecified atom stereocenters. The summed E-state index contributed by atoms with van der Waals surface area (Å²) in [6, 6.07) is 4.16. The SMILES string of the molecule is CCC(O)c1cc(C)c(C)c(C)c1. The molecule has 1 rings (SSSR count). The molecule has 1 N–H and O–H groups in total. The van der Waals surface area contributed by atoms with Crippen molar-refractivity contribution in [2.75, 3.05) is 0 Å². The molecule has 0 saturated heterocycles. The number of aliphatic hydroxyl groups is 1. The van der Waals surface area contributed by atoms with E-state index in [2.05, 4.69) is 32.9 Å². The van der Waals surface area contributed by atoms with Crippen LogP contribution in [0.5, 0.6) is 0 Å². The van der Waals surface area contributed by atoms with Crippen LogP contribution in [0, 0.1) is 20.8 Å². The lowest BCUT2D eigenvalue weighted by Crippen LogP contribution is -1.98. The van der Waals surface area contributed by atoms with Crippen LogP contribution in [0.2, 0.25) is 0 Å². The summed E-state index contributed by atoms with van der Waals surface area (Å²) in [5.41, 5.74) is 4.90. The highest BCUT2D eigenvalue weighted by atomic mass is 16.3. The Labute approximate surface area is 80.4 Å². The lowest BCUT2D eigenvalue weighted by atomic mass is 9.97. The van der Waals surface area contributed by atoms with Crippen molar-refractivity contribution in [2.24, 2.45) is 0 Å². The summed E-state index contributed by atoms with van der Waals surface area (Å²) < 4.78 is 0. The van der Waals surface area contributed by atoms with Gasteiger partial charge in [0.2, 0.25) is 0 Å². The Morgan fingerprint density at radius 2 is 1.62 bits per heavy atom. The molecule has 1 nitrogen and oxygen atoms in total. The summed E-state index contributed by atoms with van der Waals surface area (Å²) in [5, 5.41) is 9.67. The number of aliphatic hydroxyl groups excluding tert-OH is 1. The van der Waals surface area contributed by atoms with E-state index in [1.807, 2.05) is 6.92 Å². The fraction of sp³-hybridized carbons (Fsp3) is 0.500. The van der Waals surface area contributed by atoms with E-state index in [-0.39, 0.29) is 6.10 Å². The fourth-order valence-electron chi connectivity index (χ4n) is 1.50. The number of hydrogen-bond donors (Lipinski definition) is 1. The van der Waals surface area contributed by atoms with E-state index < -0.39 is 0 Å². The predicted molar refractivity (Wildman–Crippen MR) is 55.9 cm³/mol. The van der Waals surface area contributed by atoms with E-state index in [9.17, 15) is 5.11 Å². The third kappa shape index (κ3) is 2.10. The molecule has 0 saturated carbocycles. The van der Waals surface area contributed by atoms with Gasteiger partial charge in [-0.1, -0.05) is 19.1 Å². The van der Waals surface area contributed by atoms with Gasteiger partial charge >= 0.3 is 0 Å². The maximum absolute atomic E-state index is 9.67. The number of benzene rings is 1. The van der Waals surface area contributed by atoms with Gasteiger partial charge in [0.1, 0.15) is 0 Å². The molecule has 1 atom stereocenters. The molecule has 1 aromatic carbocycles. The average molecular weight is 178 g/mol. The first-order valence-electron chi connectivity index (χ1n) is 4.82. The zero-order chi connectivity index (χ0) is 10.0. The molecule has 13 heavy (non-hydrogen) atoms. The van der Waals surface area contributed by atoms with E-state index in [4.69, 9.17) is 0 Å². The summed E-state index contributed by atoms with van der Waals surface area (Å²) in [6.07, 6.45) is 0.472. The van der Waals surface area contributed by atoms with Gasteiger partial charge in [0.15, 0.2) is 0 Å². The fourth-order valence-corrected chi connectivity index (χ4v) is 1.50. The number of rotatable bonds is 2. The average Bonchev–Trinajstić information content (AvgIpc) is 2.12. The molecule has 0 aliphatic rings. The highest BCUT2D eigenvalue weighted by Crippen LogP contribution is 2.22. The van der Waals surface area contributed by atoms with Gasteiger partial charge in [0.25, 0.3) is 0 Å². The van der Waals surface area contributed by atoms with Gasteiger partial charge in [-0.25, -0.2) is 0 Å². The first-order valence-corrected chi connectivity index (χ1v) is 4.82. The van der Waals surface area contributed by atoms with Crippen LogP contribution in [0.1, 0.15) is 41.7 Å². The van der Waals surface area contributed by atoms with Crippen LogP contribution in [0.25, 0.3) is 0 Å². The molecular weight excluding hydrogens is 160 g/mol. The second-order valence-corrected chi connectivity index (χ2v) is 3.70. The van der Waals surface area contributed by atoms with Crippen molar-refractivity contribution < 1.29 is 5.11 Å². The zero-order valence-electron chi connectivity index (χ0n) is 8.89. The van der Waals surface area contributed by atoms with E-state index in [0.29, 0.717) is 0 Å². The minimum Gasteiger partial charge on any atom is -0.388 e. The van der Waals surface area contributed by atoms with Crippen LogP contribution < -0.4 is 0 Å². The lowest BCUT2D eigenvalue weighted by Gasteiger charge is -2.12. The Morgan fingerprint density at radius 1 is 1.15 bits per heavy atom. The van der Waals surface area contributed by atoms with Crippen LogP contribution >= 0.6 is 0 Å². The molecule has 1 heteroatoms. The number of aryl methyl sites for hydroxylation is 2. The maximum Gasteiger partial charge on any atom is 0.0787 e. The molecule has 0 bridgehead atoms. The second-order valence-electron chi connectivity index (χ2n) is 3.70. The van der Waals surface area contributed by atoms with Crippen LogP contribution in [-0.4, -0.2) is 5.11 Å². The van der Waals surface area contributed by atoms with Crippen molar-refractivity contribution in [2.45, 2.75) is 40.2 Å². The Kier molecular flexibility index (Phi) is 3.10. The third-order valence-corrected chi connectivity index (χ3v) is 2.72. The van der Waals surface area contributed by atoms with E-state index in [0.717, 1.165) is 12.0 Å². The number of hydrogen-bond acceptors (Lipinski definition) is 1. The summed E-state index contributed by atoms with van der Waals surface area (Å²) in [6.45, 7) is 8.30. The van der Waals surface area contributed by atoms with Gasteiger partial charge in [-0.15, -0.1) is 0 Å². The highest BCUT2D eigenvalue weighted by Gasteiger charge is 2.07. The molecule has 72 valence electrons. The first kappa shape index (κ1) is 10.3. The van der Waals surface area contributed by atoms with E-state index in [1.165, 1.54) is 16.7 Å². The quantitative estimate of drug-likeness (QED) is 0.738. The van der Waals surface area contributed by atoms with Gasteiger partial charge in [-0.2, -0.15) is 0 Å². The molecule has 0 heterocycles. The Balaban J connectivity index is 3.13. The molecule has 1 aromatic rings. The topological polar surface area (TPSA) is 20.2 Å². The summed E-state index contributed by atoms with van der Waals surface area (Å²) in [5.74, 6) is 0. The Morgan fingerprint density at radius 3 is 2.00 bits per heavy atom. The Bertz CT molecular complexity index is 279. The Hall–Kier alpha value is -0.820. The monoisotopic (exact) mass is 178 g/mol. The molecule has 0 amide bonds. The van der Waals surface area contributed by atoms with Crippen molar-refractivity contribution in [3.05, 3.63) is 34.4 Å². The van der Waals surface area contributed by atoms with Crippen molar-refractivity contribution in [1.29, 1.82) is 0 Å². The first-order chi connectivity index (χ1) is 6.06. The van der Waals surface area contributed by atoms with Crippen molar-refractivity contribution in [3.63, 3.8) is 0 Å². The molecule has 0 aliphatic carbocycles. The largest absolute Gasteiger partial charge is 0.388 e. The smallest absolute Gasteiger partial charge is 0.0787 e. The molecular formula is C12H18O. The maximum atomic E-state index is 9.67. The third-order valence-electron chi connectivity index (χ3n) is 2.72. The summed E-state index contributed by atoms with van der Waals surface area (Å²) in [7, 11) is 0. The van der Waals surface area contributed by atoms with Crippen molar-refractivity contribution in [1.82, 2.24) is 0 Å². The molecule has 0 spiro atoms. The lowest BCUT2D eigenvalue weighted by molar-refractivity contribution is 0.173. The van der Waals surface area contributed by atoms with E-state index >= 15 is 0 Å². The van der Waals surface area contributed by atoms with E-state index in [1.54, 1.807) is 0 Å². The van der Waals surface area contributed by atoms with Gasteiger partial charge in [-0.05, 0) is 49.4 Å². The van der Waals surface area contributed by atoms with Gasteiger partial charge in [0, 0.05) is 0 Å². The van der Waals surface area contributed by atoms with Crippen LogP contribution in [0.15, 0.2) is 12.1 Å². The second kappa shape index (κ2) is 3.93. The minimum atomic E-state index is -0.307. The van der Waals surface area contributed by atoms with Gasteiger partial charge in [0.05, 0.1) is 6.10 Å². The van der Waals surface area contributed by atoms with Crippen molar-refractivity contribution >= 4 is 0 Å². The summed E-state index contributed by atoms with van der Waals surface area (Å²) >= 11 is 0. The van der Waals surface area contributed by atoms with Crippen molar-refractivity contribution in [3.8, 4) is 0 Å². The molecule has 0 aromatic heterocycles. The van der Waals surface area contributed by atoms with Crippen LogP contribution in [0.3, 0.4) is 0 Å². The molecule has 0 fully saturated rings. The zero-order valence-corrected chi connectivity index (χ0v) is 8.89. The minimum absolute atomic E-state index is 0.307. The summed E-state index contributed by atoms with van der Waals surface area (Å²) in [4.78, 5) is 0. The standard InChI is InChI=1S/C12H18O/c1-5-12(13)11-6-8(2)10(4)9(3)7-11/h6-7,12-13H,5H2,1-4H3. The normalized spacial score (nSPS) is 13.0. The predicted octanol–water partition coefficient (Wildman–Crippen LogP) is 3.06. The van der Waals surface area contributed by atoms with Crippen LogP contribution in [-0.2, 0) is 0 Å². The highest BCUT2D eigenvalue weighted by molar-refractivity contribution is 5.37. The molecule has 0 radical (unpaired) electrons.